The normalized spacial score (nSPS) is 12.5. The van der Waals surface area contributed by atoms with Gasteiger partial charge < -0.3 is 5.73 Å². The Morgan fingerprint density at radius 3 is 2.23 bits per heavy atom. The Morgan fingerprint density at radius 2 is 1.92 bits per heavy atom. The first-order valence-electron chi connectivity index (χ1n) is 4.04. The number of hydrazone groups is 1. The topological polar surface area (TPSA) is 67.5 Å². The van der Waals surface area contributed by atoms with E-state index in [4.69, 9.17) is 5.73 Å². The first-order chi connectivity index (χ1) is 5.75. The average molecular weight is 183 g/mol. The van der Waals surface area contributed by atoms with Crippen LogP contribution in [0, 0.1) is 5.41 Å². The van der Waals surface area contributed by atoms with E-state index in [-0.39, 0.29) is 5.41 Å². The van der Waals surface area contributed by atoms with Gasteiger partial charge in [0.2, 0.25) is 0 Å². The van der Waals surface area contributed by atoms with Crippen LogP contribution in [0.25, 0.3) is 0 Å². The van der Waals surface area contributed by atoms with Gasteiger partial charge in [-0.05, 0) is 17.9 Å². The Kier molecular flexibility index (Phi) is 3.66. The van der Waals surface area contributed by atoms with Crippen LogP contribution in [-0.2, 0) is 0 Å². The molecule has 74 valence electrons. The van der Waals surface area contributed by atoms with E-state index in [9.17, 15) is 4.79 Å². The van der Waals surface area contributed by atoms with Crippen LogP contribution in [0.15, 0.2) is 17.3 Å². The van der Waals surface area contributed by atoms with Crippen molar-refractivity contribution in [1.82, 2.24) is 5.43 Å². The van der Waals surface area contributed by atoms with Gasteiger partial charge in [0.25, 0.3) is 0 Å². The summed E-state index contributed by atoms with van der Waals surface area (Å²) in [7, 11) is 0. The Balaban J connectivity index is 4.43. The van der Waals surface area contributed by atoms with E-state index in [1.54, 1.807) is 6.92 Å². The van der Waals surface area contributed by atoms with Crippen molar-refractivity contribution in [3.8, 4) is 0 Å². The highest BCUT2D eigenvalue weighted by Crippen LogP contribution is 2.24. The maximum absolute atomic E-state index is 10.4. The SMILES string of the molecule is C=C(/C(C)=N/NC(N)=O)C(C)(C)C. The summed E-state index contributed by atoms with van der Waals surface area (Å²) in [6, 6.07) is -0.666. The molecule has 0 spiro atoms. The number of nitrogens with zero attached hydrogens (tertiary/aromatic N) is 1. The minimum Gasteiger partial charge on any atom is -0.350 e. The largest absolute Gasteiger partial charge is 0.350 e. The monoisotopic (exact) mass is 183 g/mol. The molecule has 13 heavy (non-hydrogen) atoms. The molecule has 0 bridgehead atoms. The molecule has 3 N–H and O–H groups in total. The number of urea groups is 1. The smallest absolute Gasteiger partial charge is 0.332 e. The predicted molar refractivity (Wildman–Crippen MR) is 54.4 cm³/mol. The summed E-state index contributed by atoms with van der Waals surface area (Å²) in [5.74, 6) is 0. The standard InChI is InChI=1S/C9H17N3O/c1-6(9(3,4)5)7(2)11-12-8(10)13/h1H2,2-5H3,(H3,10,12,13)/b11-7+. The van der Waals surface area contributed by atoms with Crippen molar-refractivity contribution in [2.75, 3.05) is 0 Å². The number of nitrogens with two attached hydrogens (primary N) is 1. The number of hydrogen-bond acceptors (Lipinski definition) is 2. The highest BCUT2D eigenvalue weighted by Gasteiger charge is 2.17. The molecule has 0 saturated carbocycles. The van der Waals surface area contributed by atoms with Gasteiger partial charge in [0.15, 0.2) is 0 Å². The van der Waals surface area contributed by atoms with E-state index in [0.717, 1.165) is 5.57 Å². The molecule has 0 saturated heterocycles. The van der Waals surface area contributed by atoms with E-state index in [2.05, 4.69) is 17.1 Å². The zero-order valence-electron chi connectivity index (χ0n) is 8.64. The molecule has 0 fully saturated rings. The third-order valence-corrected chi connectivity index (χ3v) is 1.68. The number of rotatable bonds is 2. The molecule has 0 aromatic rings. The summed E-state index contributed by atoms with van der Waals surface area (Å²) < 4.78 is 0. The minimum atomic E-state index is -0.666. The Bertz CT molecular complexity index is 248. The second kappa shape index (κ2) is 4.07. The molecule has 0 unspecified atom stereocenters. The molecule has 2 amide bonds. The minimum absolute atomic E-state index is 0.0487. The van der Waals surface area contributed by atoms with Gasteiger partial charge in [-0.2, -0.15) is 5.10 Å². The summed E-state index contributed by atoms with van der Waals surface area (Å²) in [6.07, 6.45) is 0. The molecule has 0 aromatic carbocycles. The van der Waals surface area contributed by atoms with E-state index in [0.29, 0.717) is 5.71 Å². The molecule has 0 aliphatic heterocycles. The fourth-order valence-corrected chi connectivity index (χ4v) is 0.749. The summed E-state index contributed by atoms with van der Waals surface area (Å²) in [5.41, 5.74) is 8.54. The summed E-state index contributed by atoms with van der Waals surface area (Å²) in [5, 5.41) is 3.78. The average Bonchev–Trinajstić information content (AvgIpc) is 1.96. The third-order valence-electron chi connectivity index (χ3n) is 1.68. The summed E-state index contributed by atoms with van der Waals surface area (Å²) in [6.45, 7) is 11.7. The number of allylic oxidation sites excluding steroid dienone is 1. The van der Waals surface area contributed by atoms with Gasteiger partial charge in [-0.1, -0.05) is 27.4 Å². The molecule has 0 aliphatic rings. The van der Waals surface area contributed by atoms with Crippen LogP contribution in [-0.4, -0.2) is 11.7 Å². The highest BCUT2D eigenvalue weighted by molar-refractivity contribution is 5.99. The fraction of sp³-hybridized carbons (Fsp3) is 0.556. The van der Waals surface area contributed by atoms with Gasteiger partial charge >= 0.3 is 6.03 Å². The van der Waals surface area contributed by atoms with Crippen LogP contribution < -0.4 is 11.2 Å². The van der Waals surface area contributed by atoms with E-state index >= 15 is 0 Å². The lowest BCUT2D eigenvalue weighted by atomic mass is 9.85. The lowest BCUT2D eigenvalue weighted by Crippen LogP contribution is -2.26. The van der Waals surface area contributed by atoms with Gasteiger partial charge in [-0.25, -0.2) is 10.2 Å². The molecule has 4 nitrogen and oxygen atoms in total. The molecular formula is C9H17N3O. The molecule has 0 aliphatic carbocycles. The molecule has 0 rings (SSSR count). The van der Waals surface area contributed by atoms with Crippen molar-refractivity contribution in [2.45, 2.75) is 27.7 Å². The quantitative estimate of drug-likeness (QED) is 0.496. The fourth-order valence-electron chi connectivity index (χ4n) is 0.749. The van der Waals surface area contributed by atoms with Crippen molar-refractivity contribution in [1.29, 1.82) is 0 Å². The van der Waals surface area contributed by atoms with Gasteiger partial charge in [0, 0.05) is 0 Å². The first-order valence-corrected chi connectivity index (χ1v) is 4.04. The van der Waals surface area contributed by atoms with Gasteiger partial charge in [-0.3, -0.25) is 0 Å². The summed E-state index contributed by atoms with van der Waals surface area (Å²) >= 11 is 0. The molecular weight excluding hydrogens is 166 g/mol. The van der Waals surface area contributed by atoms with Crippen molar-refractivity contribution in [2.24, 2.45) is 16.3 Å². The maximum atomic E-state index is 10.4. The van der Waals surface area contributed by atoms with Crippen LogP contribution in [0.1, 0.15) is 27.7 Å². The molecule has 0 heterocycles. The lowest BCUT2D eigenvalue weighted by molar-refractivity contribution is 0.249. The molecule has 4 heteroatoms. The number of carbonyl (C=O) groups excluding carboxylic acids is 1. The molecule has 0 atom stereocenters. The van der Waals surface area contributed by atoms with E-state index < -0.39 is 6.03 Å². The van der Waals surface area contributed by atoms with Crippen molar-refractivity contribution in [3.05, 3.63) is 12.2 Å². The summed E-state index contributed by atoms with van der Waals surface area (Å²) in [4.78, 5) is 10.4. The van der Waals surface area contributed by atoms with Crippen LogP contribution in [0.5, 0.6) is 0 Å². The first kappa shape index (κ1) is 11.7. The van der Waals surface area contributed by atoms with Crippen molar-refractivity contribution >= 4 is 11.7 Å². The van der Waals surface area contributed by atoms with Gasteiger partial charge in [-0.15, -0.1) is 0 Å². The predicted octanol–water partition coefficient (Wildman–Crippen LogP) is 1.63. The van der Waals surface area contributed by atoms with Crippen molar-refractivity contribution < 1.29 is 4.79 Å². The Morgan fingerprint density at radius 1 is 1.46 bits per heavy atom. The number of carbonyl (C=O) groups is 1. The number of primary amides is 1. The van der Waals surface area contributed by atoms with Crippen molar-refractivity contribution in [3.63, 3.8) is 0 Å². The maximum Gasteiger partial charge on any atom is 0.332 e. The van der Waals surface area contributed by atoms with Crippen LogP contribution >= 0.6 is 0 Å². The second-order valence-electron chi connectivity index (χ2n) is 3.90. The van der Waals surface area contributed by atoms with E-state index in [1.807, 2.05) is 20.8 Å². The zero-order valence-corrected chi connectivity index (χ0v) is 8.64. The van der Waals surface area contributed by atoms with Crippen LogP contribution in [0.3, 0.4) is 0 Å². The number of nitrogens with one attached hydrogen (secondary N) is 1. The van der Waals surface area contributed by atoms with Crippen LogP contribution in [0.2, 0.25) is 0 Å². The second-order valence-corrected chi connectivity index (χ2v) is 3.90. The number of amides is 2. The Labute approximate surface area is 78.9 Å². The van der Waals surface area contributed by atoms with Gasteiger partial charge in [0.1, 0.15) is 0 Å². The third kappa shape index (κ3) is 4.30. The van der Waals surface area contributed by atoms with Crippen LogP contribution in [0.4, 0.5) is 4.79 Å². The lowest BCUT2D eigenvalue weighted by Gasteiger charge is -2.21. The van der Waals surface area contributed by atoms with E-state index in [1.165, 1.54) is 0 Å². The highest BCUT2D eigenvalue weighted by atomic mass is 16.2. The van der Waals surface area contributed by atoms with Gasteiger partial charge in [0.05, 0.1) is 5.71 Å². The molecule has 0 aromatic heterocycles. The zero-order chi connectivity index (χ0) is 10.6. The molecule has 0 radical (unpaired) electrons. The Hall–Kier alpha value is -1.32. The number of hydrogen-bond donors (Lipinski definition) is 2.